The highest BCUT2D eigenvalue weighted by molar-refractivity contribution is 5.90. The maximum atomic E-state index is 12.5. The molecule has 1 aromatic heterocycles. The first-order valence-corrected chi connectivity index (χ1v) is 6.52. The third-order valence-corrected chi connectivity index (χ3v) is 4.39. The van der Waals surface area contributed by atoms with Gasteiger partial charge in [0.15, 0.2) is 0 Å². The average molecular weight is 275 g/mol. The molecule has 1 unspecified atom stereocenters. The molecule has 3 aliphatic heterocycles. The maximum Gasteiger partial charge on any atom is 0.310 e. The minimum Gasteiger partial charge on any atom is -0.481 e. The van der Waals surface area contributed by atoms with Crippen molar-refractivity contribution in [2.45, 2.75) is 18.2 Å². The molecule has 20 heavy (non-hydrogen) atoms. The van der Waals surface area contributed by atoms with Crippen LogP contribution in [-0.2, 0) is 20.9 Å². The summed E-state index contributed by atoms with van der Waals surface area (Å²) >= 11 is 0. The second kappa shape index (κ2) is 3.73. The normalized spacial score (nSPS) is 37.7. The Hall–Kier alpha value is -2.08. The van der Waals surface area contributed by atoms with Gasteiger partial charge in [0.05, 0.1) is 31.4 Å². The van der Waals surface area contributed by atoms with Gasteiger partial charge in [-0.05, 0) is 12.1 Å². The summed E-state index contributed by atoms with van der Waals surface area (Å²) in [5.41, 5.74) is -0.766. The zero-order valence-electron chi connectivity index (χ0n) is 10.6. The van der Waals surface area contributed by atoms with Crippen LogP contribution >= 0.6 is 0 Å². The van der Waals surface area contributed by atoms with Gasteiger partial charge in [-0.1, -0.05) is 12.2 Å². The van der Waals surface area contributed by atoms with Crippen LogP contribution in [0.3, 0.4) is 0 Å². The number of nitrogens with zero attached hydrogens (tertiary/aromatic N) is 1. The van der Waals surface area contributed by atoms with Crippen LogP contribution in [0, 0.1) is 11.8 Å². The molecule has 6 heteroatoms. The van der Waals surface area contributed by atoms with Crippen molar-refractivity contribution in [2.24, 2.45) is 11.8 Å². The Bertz CT molecular complexity index is 607. The summed E-state index contributed by atoms with van der Waals surface area (Å²) in [6.45, 7) is 0.728. The number of carboxylic acids is 1. The second-order valence-electron chi connectivity index (χ2n) is 5.51. The van der Waals surface area contributed by atoms with Crippen LogP contribution in [0.4, 0.5) is 0 Å². The van der Waals surface area contributed by atoms with E-state index in [-0.39, 0.29) is 5.91 Å². The molecule has 0 aliphatic carbocycles. The molecule has 1 N–H and O–H groups in total. The number of carbonyl (C=O) groups excluding carboxylic acids is 1. The molecule has 2 bridgehead atoms. The monoisotopic (exact) mass is 275 g/mol. The lowest BCUT2D eigenvalue weighted by Crippen LogP contribution is -2.39. The van der Waals surface area contributed by atoms with Crippen molar-refractivity contribution in [3.8, 4) is 0 Å². The number of fused-ring (bicyclic) bond motifs is 1. The van der Waals surface area contributed by atoms with E-state index in [1.807, 2.05) is 6.08 Å². The number of ether oxygens (including phenoxy) is 1. The highest BCUT2D eigenvalue weighted by Gasteiger charge is 2.67. The van der Waals surface area contributed by atoms with Gasteiger partial charge in [0.2, 0.25) is 5.91 Å². The van der Waals surface area contributed by atoms with E-state index in [1.54, 1.807) is 29.4 Å². The average Bonchev–Trinajstić information content (AvgIpc) is 3.12. The number of furan rings is 1. The van der Waals surface area contributed by atoms with E-state index >= 15 is 0 Å². The van der Waals surface area contributed by atoms with Gasteiger partial charge >= 0.3 is 5.97 Å². The van der Waals surface area contributed by atoms with Gasteiger partial charge in [-0.15, -0.1) is 0 Å². The lowest BCUT2D eigenvalue weighted by atomic mass is 9.77. The molecule has 2 fully saturated rings. The molecule has 1 amide bonds. The van der Waals surface area contributed by atoms with Crippen LogP contribution in [-0.4, -0.2) is 40.1 Å². The van der Waals surface area contributed by atoms with Crippen molar-refractivity contribution in [3.63, 3.8) is 0 Å². The van der Waals surface area contributed by atoms with E-state index in [0.717, 1.165) is 0 Å². The number of aliphatic carboxylic acids is 1. The molecular weight excluding hydrogens is 262 g/mol. The smallest absolute Gasteiger partial charge is 0.310 e. The summed E-state index contributed by atoms with van der Waals surface area (Å²) in [6.07, 6.45) is 4.69. The molecule has 104 valence electrons. The molecule has 1 aromatic rings. The van der Waals surface area contributed by atoms with E-state index in [2.05, 4.69) is 0 Å². The quantitative estimate of drug-likeness (QED) is 0.819. The molecule has 1 spiro atoms. The van der Waals surface area contributed by atoms with Gasteiger partial charge in [0.25, 0.3) is 0 Å². The summed E-state index contributed by atoms with van der Waals surface area (Å²) in [6, 6.07) is 3.55. The van der Waals surface area contributed by atoms with Gasteiger partial charge in [-0.2, -0.15) is 0 Å². The third-order valence-electron chi connectivity index (χ3n) is 4.39. The molecule has 3 aliphatic rings. The zero-order chi connectivity index (χ0) is 13.9. The van der Waals surface area contributed by atoms with Crippen LogP contribution in [0.1, 0.15) is 5.76 Å². The third kappa shape index (κ3) is 1.37. The predicted octanol–water partition coefficient (Wildman–Crippen LogP) is 0.646. The lowest BCUT2D eigenvalue weighted by molar-refractivity contribution is -0.148. The molecule has 6 nitrogen and oxygen atoms in total. The summed E-state index contributed by atoms with van der Waals surface area (Å²) in [5, 5.41) is 9.34. The van der Waals surface area contributed by atoms with Gasteiger partial charge in [0.1, 0.15) is 17.3 Å². The van der Waals surface area contributed by atoms with E-state index in [4.69, 9.17) is 9.15 Å². The van der Waals surface area contributed by atoms with Crippen LogP contribution in [0.25, 0.3) is 0 Å². The largest absolute Gasteiger partial charge is 0.481 e. The van der Waals surface area contributed by atoms with E-state index in [1.165, 1.54) is 0 Å². The van der Waals surface area contributed by atoms with Crippen molar-refractivity contribution >= 4 is 11.9 Å². The lowest BCUT2D eigenvalue weighted by Gasteiger charge is -2.21. The Morgan fingerprint density at radius 1 is 1.55 bits per heavy atom. The van der Waals surface area contributed by atoms with Crippen molar-refractivity contribution in [2.75, 3.05) is 6.54 Å². The summed E-state index contributed by atoms with van der Waals surface area (Å²) in [4.78, 5) is 25.5. The van der Waals surface area contributed by atoms with Crippen molar-refractivity contribution in [1.29, 1.82) is 0 Å². The van der Waals surface area contributed by atoms with Crippen LogP contribution in [0.5, 0.6) is 0 Å². The summed E-state index contributed by atoms with van der Waals surface area (Å²) in [7, 11) is 0. The minimum atomic E-state index is -0.973. The highest BCUT2D eigenvalue weighted by atomic mass is 16.5. The van der Waals surface area contributed by atoms with Gasteiger partial charge in [-0.3, -0.25) is 9.59 Å². The Morgan fingerprint density at radius 2 is 2.40 bits per heavy atom. The van der Waals surface area contributed by atoms with Gasteiger partial charge in [0, 0.05) is 0 Å². The standard InChI is InChI=1S/C14H13NO5/c16-12-11-10(13(17)18)9-3-4-14(11,20-9)7-15(12)6-8-2-1-5-19-8/h1-5,9-11H,6-7H2,(H,17,18)/t9-,10?,11+,14-/m1/s1. The summed E-state index contributed by atoms with van der Waals surface area (Å²) in [5.74, 6) is -1.86. The Labute approximate surface area is 114 Å². The van der Waals surface area contributed by atoms with Crippen molar-refractivity contribution < 1.29 is 23.8 Å². The highest BCUT2D eigenvalue weighted by Crippen LogP contribution is 2.52. The maximum absolute atomic E-state index is 12.5. The molecule has 4 atom stereocenters. The molecule has 4 heterocycles. The Balaban J connectivity index is 1.65. The molecule has 2 saturated heterocycles. The number of hydrogen-bond donors (Lipinski definition) is 1. The van der Waals surface area contributed by atoms with Crippen molar-refractivity contribution in [1.82, 2.24) is 4.90 Å². The number of likely N-dealkylation sites (tertiary alicyclic amines) is 1. The fourth-order valence-corrected chi connectivity index (χ4v) is 3.58. The first-order chi connectivity index (χ1) is 9.61. The zero-order valence-corrected chi connectivity index (χ0v) is 10.6. The topological polar surface area (TPSA) is 80.0 Å². The van der Waals surface area contributed by atoms with E-state index in [9.17, 15) is 14.7 Å². The molecule has 0 radical (unpaired) electrons. The first kappa shape index (κ1) is 11.7. The first-order valence-electron chi connectivity index (χ1n) is 6.52. The Morgan fingerprint density at radius 3 is 3.10 bits per heavy atom. The summed E-state index contributed by atoms with van der Waals surface area (Å²) < 4.78 is 11.0. The molecule has 4 rings (SSSR count). The number of rotatable bonds is 3. The van der Waals surface area contributed by atoms with Gasteiger partial charge in [-0.25, -0.2) is 0 Å². The van der Waals surface area contributed by atoms with Crippen molar-refractivity contribution in [3.05, 3.63) is 36.3 Å². The van der Waals surface area contributed by atoms with E-state index < -0.39 is 29.5 Å². The molecular formula is C14H13NO5. The Kier molecular flexibility index (Phi) is 2.18. The SMILES string of the molecule is O=C(O)C1[C@H]2C(=O)N(Cc3ccco3)C[C@]23C=C[C@H]1O3. The fourth-order valence-electron chi connectivity index (χ4n) is 3.58. The van der Waals surface area contributed by atoms with Crippen LogP contribution in [0.15, 0.2) is 35.0 Å². The second-order valence-corrected chi connectivity index (χ2v) is 5.51. The minimum absolute atomic E-state index is 0.166. The molecule has 0 saturated carbocycles. The van der Waals surface area contributed by atoms with Gasteiger partial charge < -0.3 is 19.2 Å². The van der Waals surface area contributed by atoms with E-state index in [0.29, 0.717) is 18.8 Å². The number of carbonyl (C=O) groups is 2. The number of amides is 1. The fraction of sp³-hybridized carbons (Fsp3) is 0.429. The molecule has 0 aromatic carbocycles. The van der Waals surface area contributed by atoms with Crippen LogP contribution < -0.4 is 0 Å². The van der Waals surface area contributed by atoms with Crippen LogP contribution in [0.2, 0.25) is 0 Å². The number of carboxylic acid groups (broad SMARTS) is 1. The number of hydrogen-bond acceptors (Lipinski definition) is 4. The predicted molar refractivity (Wildman–Crippen MR) is 65.5 cm³/mol.